The molecule has 1 rings (SSSR count). The highest BCUT2D eigenvalue weighted by Crippen LogP contribution is 2.20. The van der Waals surface area contributed by atoms with Crippen LogP contribution in [0.1, 0.15) is 0 Å². The molecule has 0 spiro atoms. The number of hydrogen-bond donors (Lipinski definition) is 3. The lowest BCUT2D eigenvalue weighted by Crippen LogP contribution is -3.01. The van der Waals surface area contributed by atoms with Crippen molar-refractivity contribution in [3.63, 3.8) is 0 Å². The molecule has 0 unspecified atom stereocenters. The predicted octanol–water partition coefficient (Wildman–Crippen LogP) is -2.96. The monoisotopic (exact) mass is 226 g/mol. The molecule has 0 aliphatic rings. The zero-order valence-corrected chi connectivity index (χ0v) is 8.17. The highest BCUT2D eigenvalue weighted by molar-refractivity contribution is 6.30. The van der Waals surface area contributed by atoms with Crippen molar-refractivity contribution < 1.29 is 32.8 Å². The molecule has 0 bridgehead atoms. The van der Waals surface area contributed by atoms with E-state index >= 15 is 0 Å². The fourth-order valence-corrected chi connectivity index (χ4v) is 0.907. The van der Waals surface area contributed by atoms with Gasteiger partial charge in [0.05, 0.1) is 12.1 Å². The molecule has 3 N–H and O–H groups in total. The number of pyridine rings is 1. The number of hydrogen-bond acceptors (Lipinski definition) is 4. The van der Waals surface area contributed by atoms with Crippen molar-refractivity contribution in [2.75, 3.05) is 7.11 Å². The molecule has 0 aliphatic carbocycles. The van der Waals surface area contributed by atoms with E-state index < -0.39 is 5.23 Å². The van der Waals surface area contributed by atoms with E-state index in [1.165, 1.54) is 19.4 Å². The van der Waals surface area contributed by atoms with Crippen molar-refractivity contribution in [1.82, 2.24) is 4.98 Å². The SMILES string of the molecule is COc1ncc(Cl)cc1[NH+](O)O.[Cl-]. The van der Waals surface area contributed by atoms with Crippen LogP contribution in [0.4, 0.5) is 5.69 Å². The largest absolute Gasteiger partial charge is 1.00 e. The molecule has 0 saturated carbocycles. The number of nitrogens with one attached hydrogen (secondary N) is 1. The molecule has 13 heavy (non-hydrogen) atoms. The number of halogens is 2. The first-order valence-corrected chi connectivity index (χ1v) is 3.47. The molecule has 0 fully saturated rings. The van der Waals surface area contributed by atoms with Crippen LogP contribution in [-0.4, -0.2) is 22.5 Å². The van der Waals surface area contributed by atoms with Crippen LogP contribution >= 0.6 is 11.6 Å². The molecule has 1 aromatic rings. The summed E-state index contributed by atoms with van der Waals surface area (Å²) in [5, 5.41) is 17.0. The van der Waals surface area contributed by atoms with Gasteiger partial charge < -0.3 is 17.1 Å². The Kier molecular flexibility index (Phi) is 4.97. The van der Waals surface area contributed by atoms with Crippen molar-refractivity contribution in [2.45, 2.75) is 0 Å². The van der Waals surface area contributed by atoms with Gasteiger partial charge in [-0.05, 0) is 5.23 Å². The minimum absolute atomic E-state index is 0. The van der Waals surface area contributed by atoms with E-state index in [1.807, 2.05) is 0 Å². The van der Waals surface area contributed by atoms with Gasteiger partial charge in [0.1, 0.15) is 0 Å². The minimum atomic E-state index is -0.859. The van der Waals surface area contributed by atoms with Gasteiger partial charge in [-0.3, -0.25) is 0 Å². The van der Waals surface area contributed by atoms with Gasteiger partial charge in [-0.15, -0.1) is 0 Å². The third-order valence-corrected chi connectivity index (χ3v) is 1.46. The summed E-state index contributed by atoms with van der Waals surface area (Å²) in [5.41, 5.74) is 0.0741. The Morgan fingerprint density at radius 2 is 2.15 bits per heavy atom. The Morgan fingerprint density at radius 3 is 2.62 bits per heavy atom. The van der Waals surface area contributed by atoms with Gasteiger partial charge in [-0.25, -0.2) is 4.98 Å². The zero-order valence-electron chi connectivity index (χ0n) is 6.66. The summed E-state index contributed by atoms with van der Waals surface area (Å²) >= 11 is 5.56. The van der Waals surface area contributed by atoms with E-state index in [0.29, 0.717) is 5.02 Å². The standard InChI is InChI=1S/C6H7ClN2O3.ClH/c1-12-6-5(9(10)11)2-4(7)3-8-6;/h2-3,10-11H,1H3;1H. The number of ether oxygens (including phenoxy) is 1. The Balaban J connectivity index is 0.00000144. The lowest BCUT2D eigenvalue weighted by atomic mass is 10.4. The molecule has 0 amide bonds. The van der Waals surface area contributed by atoms with E-state index in [1.54, 1.807) is 0 Å². The van der Waals surface area contributed by atoms with Crippen LogP contribution in [-0.2, 0) is 0 Å². The second kappa shape index (κ2) is 5.21. The second-order valence-electron chi connectivity index (χ2n) is 2.03. The Labute approximate surface area is 85.8 Å². The first-order chi connectivity index (χ1) is 5.65. The van der Waals surface area contributed by atoms with Crippen molar-refractivity contribution >= 4 is 17.3 Å². The van der Waals surface area contributed by atoms with Gasteiger partial charge in [0.2, 0.25) is 0 Å². The lowest BCUT2D eigenvalue weighted by Gasteiger charge is -2.04. The molecular formula is C6H8Cl2N2O3. The third-order valence-electron chi connectivity index (χ3n) is 1.25. The van der Waals surface area contributed by atoms with E-state index in [4.69, 9.17) is 26.8 Å². The van der Waals surface area contributed by atoms with Crippen LogP contribution in [0.25, 0.3) is 0 Å². The number of aromatic nitrogens is 1. The fraction of sp³-hybridized carbons (Fsp3) is 0.167. The second-order valence-corrected chi connectivity index (χ2v) is 2.47. The molecule has 7 heteroatoms. The van der Waals surface area contributed by atoms with Crippen molar-refractivity contribution in [3.05, 3.63) is 17.3 Å². The molecule has 1 aromatic heterocycles. The Bertz CT molecular complexity index is 283. The molecule has 1 heterocycles. The first kappa shape index (κ1) is 12.4. The molecule has 5 nitrogen and oxygen atoms in total. The van der Waals surface area contributed by atoms with E-state index in [0.717, 1.165) is 0 Å². The molecular weight excluding hydrogens is 219 g/mol. The fourth-order valence-electron chi connectivity index (χ4n) is 0.750. The summed E-state index contributed by atoms with van der Waals surface area (Å²) in [4.78, 5) is 3.72. The van der Waals surface area contributed by atoms with Crippen molar-refractivity contribution in [3.8, 4) is 5.88 Å². The summed E-state index contributed by atoms with van der Waals surface area (Å²) in [5.74, 6) is 0.124. The quantitative estimate of drug-likeness (QED) is 0.472. The highest BCUT2D eigenvalue weighted by atomic mass is 35.5. The van der Waals surface area contributed by atoms with Crippen LogP contribution in [0, 0.1) is 0 Å². The van der Waals surface area contributed by atoms with Gasteiger partial charge in [0.15, 0.2) is 0 Å². The third kappa shape index (κ3) is 2.98. The average molecular weight is 227 g/mol. The molecule has 0 atom stereocenters. The average Bonchev–Trinajstić information content (AvgIpc) is 2.04. The van der Waals surface area contributed by atoms with Crippen molar-refractivity contribution in [2.24, 2.45) is 0 Å². The molecule has 0 aromatic carbocycles. The maximum atomic E-state index is 8.75. The number of quaternary nitrogens is 1. The normalized spacial score (nSPS) is 9.62. The van der Waals surface area contributed by atoms with Gasteiger partial charge >= 0.3 is 0 Å². The molecule has 0 aliphatic heterocycles. The Hall–Kier alpha value is -0.590. The maximum absolute atomic E-state index is 8.75. The van der Waals surface area contributed by atoms with E-state index in [-0.39, 0.29) is 24.0 Å². The van der Waals surface area contributed by atoms with Crippen LogP contribution < -0.4 is 22.4 Å². The predicted molar refractivity (Wildman–Crippen MR) is 40.0 cm³/mol. The van der Waals surface area contributed by atoms with Crippen molar-refractivity contribution in [1.29, 1.82) is 0 Å². The number of methoxy groups -OCH3 is 1. The summed E-state index contributed by atoms with van der Waals surface area (Å²) in [6, 6.07) is 1.35. The van der Waals surface area contributed by atoms with Crippen LogP contribution in [0.2, 0.25) is 5.02 Å². The van der Waals surface area contributed by atoms with Crippen LogP contribution in [0.15, 0.2) is 12.3 Å². The van der Waals surface area contributed by atoms with Gasteiger partial charge in [-0.2, -0.15) is 10.4 Å². The first-order valence-electron chi connectivity index (χ1n) is 3.10. The van der Waals surface area contributed by atoms with E-state index in [2.05, 4.69) is 4.98 Å². The number of rotatable bonds is 2. The number of nitrogens with zero attached hydrogens (tertiary/aromatic N) is 1. The van der Waals surface area contributed by atoms with Gasteiger partial charge in [-0.1, -0.05) is 11.6 Å². The highest BCUT2D eigenvalue weighted by Gasteiger charge is 2.15. The summed E-state index contributed by atoms with van der Waals surface area (Å²) in [6.45, 7) is 0. The maximum Gasteiger partial charge on any atom is 0.283 e. The van der Waals surface area contributed by atoms with Crippen LogP contribution in [0.3, 0.4) is 0 Å². The lowest BCUT2D eigenvalue weighted by molar-refractivity contribution is -1.19. The summed E-state index contributed by atoms with van der Waals surface area (Å²) < 4.78 is 4.75. The van der Waals surface area contributed by atoms with Crippen LogP contribution in [0.5, 0.6) is 5.88 Å². The molecule has 74 valence electrons. The zero-order chi connectivity index (χ0) is 9.14. The van der Waals surface area contributed by atoms with Gasteiger partial charge in [0.25, 0.3) is 11.6 Å². The summed E-state index contributed by atoms with van der Waals surface area (Å²) in [7, 11) is 1.38. The molecule has 0 saturated heterocycles. The van der Waals surface area contributed by atoms with E-state index in [9.17, 15) is 0 Å². The smallest absolute Gasteiger partial charge is 0.283 e. The molecule has 0 radical (unpaired) electrons. The Morgan fingerprint density at radius 1 is 1.54 bits per heavy atom. The van der Waals surface area contributed by atoms with Gasteiger partial charge in [0, 0.05) is 12.3 Å². The topological polar surface area (TPSA) is 67.0 Å². The summed E-state index contributed by atoms with van der Waals surface area (Å²) in [6.07, 6.45) is 1.35. The minimum Gasteiger partial charge on any atom is -1.00 e.